The zero-order valence-corrected chi connectivity index (χ0v) is 10.8. The zero-order chi connectivity index (χ0) is 13.0. The van der Waals surface area contributed by atoms with Crippen LogP contribution in [0.5, 0.6) is 5.75 Å². The number of ether oxygens (including phenoxy) is 1. The van der Waals surface area contributed by atoms with E-state index in [0.717, 1.165) is 12.8 Å². The molecule has 1 fully saturated rings. The van der Waals surface area contributed by atoms with E-state index in [4.69, 9.17) is 22.7 Å². The summed E-state index contributed by atoms with van der Waals surface area (Å²) in [5, 5.41) is 2.82. The molecule has 1 atom stereocenters. The summed E-state index contributed by atoms with van der Waals surface area (Å²) in [6.45, 7) is -0.0180. The molecule has 1 aromatic rings. The molecule has 0 heterocycles. The second kappa shape index (κ2) is 5.82. The largest absolute Gasteiger partial charge is 0.484 e. The zero-order valence-electron chi connectivity index (χ0n) is 9.96. The number of amides is 1. The fourth-order valence-electron chi connectivity index (χ4n) is 1.73. The molecular formula is C13H16N2O2S. The van der Waals surface area contributed by atoms with Crippen LogP contribution in [0.25, 0.3) is 0 Å². The molecule has 5 heteroatoms. The molecule has 1 aliphatic carbocycles. The first-order valence-corrected chi connectivity index (χ1v) is 6.34. The van der Waals surface area contributed by atoms with E-state index in [1.807, 2.05) is 18.2 Å². The van der Waals surface area contributed by atoms with E-state index in [1.165, 1.54) is 0 Å². The molecule has 18 heavy (non-hydrogen) atoms. The van der Waals surface area contributed by atoms with Crippen molar-refractivity contribution in [2.24, 2.45) is 11.7 Å². The third-order valence-corrected chi connectivity index (χ3v) is 3.08. The number of hydrogen-bond donors (Lipinski definition) is 2. The molecule has 0 bridgehead atoms. The summed E-state index contributed by atoms with van der Waals surface area (Å²) in [5.74, 6) is 0.887. The normalized spacial score (nSPS) is 15.8. The maximum atomic E-state index is 11.7. The van der Waals surface area contributed by atoms with Gasteiger partial charge in [-0.2, -0.15) is 0 Å². The molecule has 1 amide bonds. The summed E-state index contributed by atoms with van der Waals surface area (Å²) in [6.07, 6.45) is 2.14. The number of thiocarbonyl (C=S) groups is 1. The van der Waals surface area contributed by atoms with Crippen LogP contribution in [0.15, 0.2) is 30.3 Å². The first-order chi connectivity index (χ1) is 8.66. The summed E-state index contributed by atoms with van der Waals surface area (Å²) in [5.41, 5.74) is 5.61. The number of hydrogen-bond acceptors (Lipinski definition) is 3. The van der Waals surface area contributed by atoms with Crippen LogP contribution in [0.2, 0.25) is 0 Å². The molecule has 1 unspecified atom stereocenters. The molecule has 0 radical (unpaired) electrons. The molecule has 0 saturated heterocycles. The number of nitrogens with two attached hydrogens (primary N) is 1. The van der Waals surface area contributed by atoms with Gasteiger partial charge in [0, 0.05) is 0 Å². The monoisotopic (exact) mass is 264 g/mol. The number of carbonyl (C=O) groups is 1. The Balaban J connectivity index is 1.79. The Labute approximate surface area is 112 Å². The van der Waals surface area contributed by atoms with Crippen molar-refractivity contribution in [2.45, 2.75) is 18.9 Å². The van der Waals surface area contributed by atoms with Crippen LogP contribution in [-0.2, 0) is 4.79 Å². The van der Waals surface area contributed by atoms with Gasteiger partial charge in [0.2, 0.25) is 0 Å². The Kier molecular flexibility index (Phi) is 4.15. The van der Waals surface area contributed by atoms with Crippen molar-refractivity contribution < 1.29 is 9.53 Å². The Morgan fingerprint density at radius 1 is 1.44 bits per heavy atom. The maximum absolute atomic E-state index is 11.7. The highest BCUT2D eigenvalue weighted by atomic mass is 32.1. The lowest BCUT2D eigenvalue weighted by atomic mass is 10.2. The first-order valence-electron chi connectivity index (χ1n) is 5.93. The van der Waals surface area contributed by atoms with Gasteiger partial charge in [0.15, 0.2) is 6.61 Å². The van der Waals surface area contributed by atoms with Gasteiger partial charge in [-0.1, -0.05) is 30.4 Å². The number of para-hydroxylation sites is 1. The molecule has 0 spiro atoms. The van der Waals surface area contributed by atoms with Gasteiger partial charge < -0.3 is 15.8 Å². The van der Waals surface area contributed by atoms with E-state index in [9.17, 15) is 4.79 Å². The van der Waals surface area contributed by atoms with Gasteiger partial charge in [-0.15, -0.1) is 0 Å². The van der Waals surface area contributed by atoms with Crippen molar-refractivity contribution in [2.75, 3.05) is 6.61 Å². The minimum absolute atomic E-state index is 0.0180. The first kappa shape index (κ1) is 12.8. The van der Waals surface area contributed by atoms with Crippen molar-refractivity contribution in [3.05, 3.63) is 30.3 Å². The summed E-state index contributed by atoms with van der Waals surface area (Å²) in [7, 11) is 0. The minimum Gasteiger partial charge on any atom is -0.484 e. The van der Waals surface area contributed by atoms with Crippen molar-refractivity contribution in [3.63, 3.8) is 0 Å². The SMILES string of the molecule is NC(=S)C(NC(=O)COc1ccccc1)C1CC1. The molecular weight excluding hydrogens is 248 g/mol. The fraction of sp³-hybridized carbons (Fsp3) is 0.385. The van der Waals surface area contributed by atoms with Crippen LogP contribution in [-0.4, -0.2) is 23.5 Å². The molecule has 0 aliphatic heterocycles. The van der Waals surface area contributed by atoms with E-state index >= 15 is 0 Å². The van der Waals surface area contributed by atoms with Crippen LogP contribution in [0.3, 0.4) is 0 Å². The molecule has 1 aliphatic rings. The lowest BCUT2D eigenvalue weighted by Crippen LogP contribution is -2.46. The predicted octanol–water partition coefficient (Wildman–Crippen LogP) is 1.25. The Morgan fingerprint density at radius 2 is 2.11 bits per heavy atom. The molecule has 2 rings (SSSR count). The van der Waals surface area contributed by atoms with Crippen LogP contribution in [0.1, 0.15) is 12.8 Å². The highest BCUT2D eigenvalue weighted by Gasteiger charge is 2.34. The Morgan fingerprint density at radius 3 is 2.67 bits per heavy atom. The average molecular weight is 264 g/mol. The van der Waals surface area contributed by atoms with Crippen molar-refractivity contribution in [1.29, 1.82) is 0 Å². The molecule has 4 nitrogen and oxygen atoms in total. The van der Waals surface area contributed by atoms with Gasteiger partial charge in [0.1, 0.15) is 5.75 Å². The Hall–Kier alpha value is -1.62. The summed E-state index contributed by atoms with van der Waals surface area (Å²) < 4.78 is 5.35. The van der Waals surface area contributed by atoms with Crippen molar-refractivity contribution in [1.82, 2.24) is 5.32 Å². The number of nitrogens with one attached hydrogen (secondary N) is 1. The molecule has 1 saturated carbocycles. The smallest absolute Gasteiger partial charge is 0.258 e. The minimum atomic E-state index is -0.191. The highest BCUT2D eigenvalue weighted by Crippen LogP contribution is 2.32. The summed E-state index contributed by atoms with van der Waals surface area (Å²) >= 11 is 4.95. The van der Waals surface area contributed by atoms with Crippen LogP contribution >= 0.6 is 12.2 Å². The van der Waals surface area contributed by atoms with Gasteiger partial charge >= 0.3 is 0 Å². The van der Waals surface area contributed by atoms with E-state index in [2.05, 4.69) is 5.32 Å². The molecule has 1 aromatic carbocycles. The van der Waals surface area contributed by atoms with Crippen LogP contribution in [0.4, 0.5) is 0 Å². The second-order valence-electron chi connectivity index (χ2n) is 4.39. The van der Waals surface area contributed by atoms with E-state index in [1.54, 1.807) is 12.1 Å². The molecule has 96 valence electrons. The van der Waals surface area contributed by atoms with Gasteiger partial charge in [0.05, 0.1) is 11.0 Å². The van der Waals surface area contributed by atoms with Crippen LogP contribution < -0.4 is 15.8 Å². The van der Waals surface area contributed by atoms with Gasteiger partial charge in [-0.05, 0) is 30.9 Å². The fourth-order valence-corrected chi connectivity index (χ4v) is 1.98. The van der Waals surface area contributed by atoms with Gasteiger partial charge in [0.25, 0.3) is 5.91 Å². The Bertz CT molecular complexity index is 432. The average Bonchev–Trinajstić information content (AvgIpc) is 3.18. The summed E-state index contributed by atoms with van der Waals surface area (Å²) in [6, 6.07) is 9.03. The lowest BCUT2D eigenvalue weighted by molar-refractivity contribution is -0.123. The predicted molar refractivity (Wildman–Crippen MR) is 73.4 cm³/mol. The van der Waals surface area contributed by atoms with E-state index in [-0.39, 0.29) is 18.6 Å². The van der Waals surface area contributed by atoms with Crippen LogP contribution in [0, 0.1) is 5.92 Å². The third-order valence-electron chi connectivity index (χ3n) is 2.83. The maximum Gasteiger partial charge on any atom is 0.258 e. The van der Waals surface area contributed by atoms with Gasteiger partial charge in [-0.3, -0.25) is 4.79 Å². The van der Waals surface area contributed by atoms with E-state index in [0.29, 0.717) is 16.7 Å². The quantitative estimate of drug-likeness (QED) is 0.759. The van der Waals surface area contributed by atoms with Crippen molar-refractivity contribution >= 4 is 23.1 Å². The standard InChI is InChI=1S/C13H16N2O2S/c14-13(18)12(9-6-7-9)15-11(16)8-17-10-4-2-1-3-5-10/h1-5,9,12H,6-8H2,(H2,14,18)(H,15,16). The number of benzene rings is 1. The molecule has 0 aromatic heterocycles. The topological polar surface area (TPSA) is 64.3 Å². The molecule has 3 N–H and O–H groups in total. The van der Waals surface area contributed by atoms with Crippen molar-refractivity contribution in [3.8, 4) is 5.75 Å². The van der Waals surface area contributed by atoms with Gasteiger partial charge in [-0.25, -0.2) is 0 Å². The van der Waals surface area contributed by atoms with E-state index < -0.39 is 0 Å². The second-order valence-corrected chi connectivity index (χ2v) is 4.86. The highest BCUT2D eigenvalue weighted by molar-refractivity contribution is 7.80. The number of carbonyl (C=O) groups excluding carboxylic acids is 1. The lowest BCUT2D eigenvalue weighted by Gasteiger charge is -2.16. The summed E-state index contributed by atoms with van der Waals surface area (Å²) in [4.78, 5) is 12.1. The number of rotatable bonds is 6. The third kappa shape index (κ3) is 3.70.